The molecule has 1 aliphatic rings. The quantitative estimate of drug-likeness (QED) is 0.727. The number of amides is 2. The molecule has 0 atom stereocenters. The van der Waals surface area contributed by atoms with Crippen LogP contribution < -0.4 is 16.4 Å². The molecule has 114 valence electrons. The maximum absolute atomic E-state index is 12.0. The van der Waals surface area contributed by atoms with Crippen molar-refractivity contribution >= 4 is 17.5 Å². The minimum Gasteiger partial charge on any atom is -0.355 e. The molecule has 0 saturated carbocycles. The SMILES string of the molecule is NCc1ccccc1NC(=O)CCN1CCCNC(=O)C1. The molecule has 0 unspecified atom stereocenters. The summed E-state index contributed by atoms with van der Waals surface area (Å²) in [6, 6.07) is 7.51. The third-order valence-corrected chi connectivity index (χ3v) is 3.51. The fourth-order valence-corrected chi connectivity index (χ4v) is 2.35. The van der Waals surface area contributed by atoms with Crippen LogP contribution in [0.1, 0.15) is 18.4 Å². The van der Waals surface area contributed by atoms with Crippen LogP contribution >= 0.6 is 0 Å². The number of benzene rings is 1. The zero-order chi connectivity index (χ0) is 15.1. The molecule has 21 heavy (non-hydrogen) atoms. The van der Waals surface area contributed by atoms with Crippen LogP contribution in [-0.4, -0.2) is 42.9 Å². The largest absolute Gasteiger partial charge is 0.355 e. The van der Waals surface area contributed by atoms with Crippen LogP contribution in [-0.2, 0) is 16.1 Å². The van der Waals surface area contributed by atoms with Crippen LogP contribution in [0, 0.1) is 0 Å². The van der Waals surface area contributed by atoms with E-state index in [0.717, 1.165) is 24.2 Å². The molecule has 1 aliphatic heterocycles. The van der Waals surface area contributed by atoms with E-state index in [1.54, 1.807) is 0 Å². The maximum Gasteiger partial charge on any atom is 0.234 e. The average molecular weight is 290 g/mol. The Morgan fingerprint density at radius 3 is 3.00 bits per heavy atom. The van der Waals surface area contributed by atoms with Crippen molar-refractivity contribution in [2.24, 2.45) is 5.73 Å². The molecule has 1 heterocycles. The number of carbonyl (C=O) groups excluding carboxylic acids is 2. The Morgan fingerprint density at radius 2 is 2.19 bits per heavy atom. The van der Waals surface area contributed by atoms with Gasteiger partial charge in [-0.15, -0.1) is 0 Å². The first-order valence-electron chi connectivity index (χ1n) is 7.26. The van der Waals surface area contributed by atoms with Gasteiger partial charge < -0.3 is 16.4 Å². The Hall–Kier alpha value is -1.92. The lowest BCUT2D eigenvalue weighted by atomic mass is 10.1. The molecule has 1 aromatic carbocycles. The number of hydrogen-bond acceptors (Lipinski definition) is 4. The first kappa shape index (κ1) is 15.5. The van der Waals surface area contributed by atoms with Gasteiger partial charge in [0.05, 0.1) is 6.54 Å². The van der Waals surface area contributed by atoms with Gasteiger partial charge in [0.2, 0.25) is 11.8 Å². The van der Waals surface area contributed by atoms with Gasteiger partial charge in [-0.1, -0.05) is 18.2 Å². The summed E-state index contributed by atoms with van der Waals surface area (Å²) < 4.78 is 0. The molecule has 1 aromatic rings. The number of carbonyl (C=O) groups is 2. The fourth-order valence-electron chi connectivity index (χ4n) is 2.35. The Balaban J connectivity index is 1.83. The molecule has 4 N–H and O–H groups in total. The average Bonchev–Trinajstić information content (AvgIpc) is 2.70. The lowest BCUT2D eigenvalue weighted by Crippen LogP contribution is -2.35. The summed E-state index contributed by atoms with van der Waals surface area (Å²) in [5, 5.41) is 5.70. The molecule has 0 spiro atoms. The smallest absolute Gasteiger partial charge is 0.234 e. The second-order valence-corrected chi connectivity index (χ2v) is 5.14. The number of para-hydroxylation sites is 1. The summed E-state index contributed by atoms with van der Waals surface area (Å²) in [7, 11) is 0. The van der Waals surface area contributed by atoms with Gasteiger partial charge in [0.25, 0.3) is 0 Å². The molecule has 0 bridgehead atoms. The van der Waals surface area contributed by atoms with Crippen molar-refractivity contribution in [3.8, 4) is 0 Å². The first-order valence-corrected chi connectivity index (χ1v) is 7.26. The van der Waals surface area contributed by atoms with Crippen LogP contribution in [0.25, 0.3) is 0 Å². The van der Waals surface area contributed by atoms with Crippen LogP contribution in [0.15, 0.2) is 24.3 Å². The Morgan fingerprint density at radius 1 is 1.38 bits per heavy atom. The molecule has 0 aromatic heterocycles. The van der Waals surface area contributed by atoms with Gasteiger partial charge in [0.1, 0.15) is 0 Å². The molecule has 6 nitrogen and oxygen atoms in total. The highest BCUT2D eigenvalue weighted by molar-refractivity contribution is 5.91. The van der Waals surface area contributed by atoms with E-state index in [2.05, 4.69) is 10.6 Å². The Labute approximate surface area is 124 Å². The van der Waals surface area contributed by atoms with E-state index in [4.69, 9.17) is 5.73 Å². The van der Waals surface area contributed by atoms with Crippen molar-refractivity contribution in [3.63, 3.8) is 0 Å². The lowest BCUT2D eigenvalue weighted by molar-refractivity contribution is -0.122. The van der Waals surface area contributed by atoms with Crippen molar-refractivity contribution in [2.75, 3.05) is 31.5 Å². The monoisotopic (exact) mass is 290 g/mol. The number of nitrogens with two attached hydrogens (primary N) is 1. The molecule has 1 fully saturated rings. The minimum atomic E-state index is -0.0550. The third-order valence-electron chi connectivity index (χ3n) is 3.51. The van der Waals surface area contributed by atoms with Crippen molar-refractivity contribution in [1.82, 2.24) is 10.2 Å². The molecule has 2 rings (SSSR count). The van der Waals surface area contributed by atoms with E-state index in [0.29, 0.717) is 32.6 Å². The highest BCUT2D eigenvalue weighted by atomic mass is 16.2. The summed E-state index contributed by atoms with van der Waals surface area (Å²) in [6.45, 7) is 2.90. The molecule has 6 heteroatoms. The molecule has 0 aliphatic carbocycles. The van der Waals surface area contributed by atoms with Crippen molar-refractivity contribution in [2.45, 2.75) is 19.4 Å². The van der Waals surface area contributed by atoms with Crippen LogP contribution in [0.3, 0.4) is 0 Å². The third kappa shape index (κ3) is 4.84. The van der Waals surface area contributed by atoms with Crippen molar-refractivity contribution < 1.29 is 9.59 Å². The van der Waals surface area contributed by atoms with Crippen LogP contribution in [0.2, 0.25) is 0 Å². The minimum absolute atomic E-state index is 0.0291. The standard InChI is InChI=1S/C15H22N4O2/c16-10-12-4-1-2-5-13(12)18-14(20)6-9-19-8-3-7-17-15(21)11-19/h1-2,4-5H,3,6-11,16H2,(H,17,21)(H,18,20). The number of anilines is 1. The normalized spacial score (nSPS) is 16.1. The molecule has 2 amide bonds. The van der Waals surface area contributed by atoms with E-state index in [1.165, 1.54) is 0 Å². The maximum atomic E-state index is 12.0. The van der Waals surface area contributed by atoms with E-state index >= 15 is 0 Å². The van der Waals surface area contributed by atoms with Gasteiger partial charge >= 0.3 is 0 Å². The Kier molecular flexibility index (Phi) is 5.71. The zero-order valence-electron chi connectivity index (χ0n) is 12.1. The van der Waals surface area contributed by atoms with E-state index in [-0.39, 0.29) is 11.8 Å². The van der Waals surface area contributed by atoms with Crippen molar-refractivity contribution in [3.05, 3.63) is 29.8 Å². The molecular formula is C15H22N4O2. The van der Waals surface area contributed by atoms with Gasteiger partial charge in [0, 0.05) is 38.3 Å². The summed E-state index contributed by atoms with van der Waals surface area (Å²) in [5.41, 5.74) is 7.33. The van der Waals surface area contributed by atoms with Gasteiger partial charge in [0.15, 0.2) is 0 Å². The van der Waals surface area contributed by atoms with Crippen LogP contribution in [0.4, 0.5) is 5.69 Å². The first-order chi connectivity index (χ1) is 10.2. The highest BCUT2D eigenvalue weighted by Gasteiger charge is 2.15. The zero-order valence-corrected chi connectivity index (χ0v) is 12.1. The predicted octanol–water partition coefficient (Wildman–Crippen LogP) is 0.296. The molecule has 1 saturated heterocycles. The second kappa shape index (κ2) is 7.75. The summed E-state index contributed by atoms with van der Waals surface area (Å²) >= 11 is 0. The molecular weight excluding hydrogens is 268 g/mol. The van der Waals surface area contributed by atoms with Gasteiger partial charge in [-0.3, -0.25) is 14.5 Å². The molecule has 0 radical (unpaired) electrons. The van der Waals surface area contributed by atoms with Gasteiger partial charge in [-0.05, 0) is 18.1 Å². The fraction of sp³-hybridized carbons (Fsp3) is 0.467. The van der Waals surface area contributed by atoms with Crippen molar-refractivity contribution in [1.29, 1.82) is 0 Å². The highest BCUT2D eigenvalue weighted by Crippen LogP contribution is 2.14. The van der Waals surface area contributed by atoms with E-state index in [9.17, 15) is 9.59 Å². The predicted molar refractivity (Wildman–Crippen MR) is 81.6 cm³/mol. The number of hydrogen-bond donors (Lipinski definition) is 3. The number of nitrogens with zero attached hydrogens (tertiary/aromatic N) is 1. The second-order valence-electron chi connectivity index (χ2n) is 5.14. The lowest BCUT2D eigenvalue weighted by Gasteiger charge is -2.18. The van der Waals surface area contributed by atoms with E-state index in [1.807, 2.05) is 29.2 Å². The number of nitrogens with one attached hydrogen (secondary N) is 2. The summed E-state index contributed by atoms with van der Waals surface area (Å²) in [5.74, 6) is -0.0260. The van der Waals surface area contributed by atoms with E-state index < -0.39 is 0 Å². The van der Waals surface area contributed by atoms with Gasteiger partial charge in [-0.25, -0.2) is 0 Å². The number of rotatable bonds is 5. The summed E-state index contributed by atoms with van der Waals surface area (Å²) in [6.07, 6.45) is 1.29. The van der Waals surface area contributed by atoms with Gasteiger partial charge in [-0.2, -0.15) is 0 Å². The van der Waals surface area contributed by atoms with Crippen LogP contribution in [0.5, 0.6) is 0 Å². The topological polar surface area (TPSA) is 87.5 Å². The Bertz CT molecular complexity index is 504. The summed E-state index contributed by atoms with van der Waals surface area (Å²) in [4.78, 5) is 25.5.